The number of carbonyl (C=O) groups excluding carboxylic acids is 1. The average Bonchev–Trinajstić information content (AvgIpc) is 3.70. The second-order valence-corrected chi connectivity index (χ2v) is 17.1. The summed E-state index contributed by atoms with van der Waals surface area (Å²) in [6.07, 6.45) is 8.73. The maximum Gasteiger partial charge on any atom is 0.306 e. The molecule has 2 aliphatic carbocycles. The lowest BCUT2D eigenvalue weighted by Gasteiger charge is -2.39. The van der Waals surface area contributed by atoms with Crippen molar-refractivity contribution < 1.29 is 14.0 Å². The summed E-state index contributed by atoms with van der Waals surface area (Å²) in [6.45, 7) is 11.6. The molecule has 33 heavy (non-hydrogen) atoms. The van der Waals surface area contributed by atoms with Crippen molar-refractivity contribution in [2.45, 2.75) is 81.5 Å². The van der Waals surface area contributed by atoms with E-state index in [4.69, 9.17) is 9.16 Å². The summed E-state index contributed by atoms with van der Waals surface area (Å²) in [6, 6.07) is 11.0. The smallest absolute Gasteiger partial charge is 0.306 e. The molecular weight excluding hydrogens is 446 g/mol. The summed E-state index contributed by atoms with van der Waals surface area (Å²) in [5.74, 6) is 0.827. The number of benzene rings is 1. The number of rotatable bonds is 9. The van der Waals surface area contributed by atoms with Crippen LogP contribution >= 0.6 is 11.8 Å². The summed E-state index contributed by atoms with van der Waals surface area (Å²) < 4.78 is 11.8. The number of hydrogen-bond acceptors (Lipinski definition) is 5. The molecule has 0 radical (unpaired) electrons. The summed E-state index contributed by atoms with van der Waals surface area (Å²) in [7, 11) is -0.359. The molecule has 0 aliphatic heterocycles. The third-order valence-corrected chi connectivity index (χ3v) is 13.6. The van der Waals surface area contributed by atoms with Crippen LogP contribution in [0.5, 0.6) is 0 Å². The van der Waals surface area contributed by atoms with Crippen LogP contribution in [0.4, 0.5) is 0 Å². The van der Waals surface area contributed by atoms with Gasteiger partial charge in [-0.05, 0) is 66.4 Å². The highest BCUT2D eigenvalue weighted by Gasteiger charge is 2.52. The number of aromatic nitrogens is 1. The van der Waals surface area contributed by atoms with Gasteiger partial charge in [-0.25, -0.2) is 0 Å². The quantitative estimate of drug-likeness (QED) is 0.214. The zero-order valence-corrected chi connectivity index (χ0v) is 22.7. The number of nitrogens with zero attached hydrogens (tertiary/aromatic N) is 1. The molecule has 0 N–H and O–H groups in total. The van der Waals surface area contributed by atoms with Crippen molar-refractivity contribution >= 4 is 26.0 Å². The van der Waals surface area contributed by atoms with Crippen LogP contribution in [0.2, 0.25) is 18.1 Å². The van der Waals surface area contributed by atoms with E-state index < -0.39 is 8.32 Å². The van der Waals surface area contributed by atoms with Crippen LogP contribution in [-0.2, 0) is 19.6 Å². The van der Waals surface area contributed by atoms with Crippen molar-refractivity contribution in [3.8, 4) is 11.1 Å². The molecular formula is C27H37NO3SSi. The maximum atomic E-state index is 11.8. The van der Waals surface area contributed by atoms with Crippen LogP contribution in [0.25, 0.3) is 11.1 Å². The molecule has 2 saturated carbocycles. The van der Waals surface area contributed by atoms with Gasteiger partial charge in [0, 0.05) is 28.6 Å². The number of carbonyl (C=O) groups is 1. The van der Waals surface area contributed by atoms with E-state index in [1.54, 1.807) is 0 Å². The first-order chi connectivity index (χ1) is 15.5. The molecule has 0 unspecified atom stereocenters. The van der Waals surface area contributed by atoms with E-state index in [0.29, 0.717) is 6.42 Å². The molecule has 1 aromatic carbocycles. The predicted octanol–water partition coefficient (Wildman–Crippen LogP) is 7.19. The number of thioether (sulfide) groups is 1. The highest BCUT2D eigenvalue weighted by atomic mass is 32.2. The highest BCUT2D eigenvalue weighted by molar-refractivity contribution is 7.99. The third kappa shape index (κ3) is 5.38. The minimum Gasteiger partial charge on any atom is -0.469 e. The van der Waals surface area contributed by atoms with Gasteiger partial charge < -0.3 is 9.16 Å². The summed E-state index contributed by atoms with van der Waals surface area (Å²) in [4.78, 5) is 17.4. The fourth-order valence-corrected chi connectivity index (χ4v) is 6.98. The average molecular weight is 484 g/mol. The van der Waals surface area contributed by atoms with Gasteiger partial charge in [0.1, 0.15) is 0 Å². The largest absolute Gasteiger partial charge is 0.469 e. The summed E-state index contributed by atoms with van der Waals surface area (Å²) in [5, 5.41) is 0.206. The molecule has 0 saturated heterocycles. The van der Waals surface area contributed by atoms with E-state index in [-0.39, 0.29) is 22.0 Å². The van der Waals surface area contributed by atoms with Gasteiger partial charge in [0.05, 0.1) is 19.1 Å². The molecule has 1 aromatic heterocycles. The van der Waals surface area contributed by atoms with Gasteiger partial charge in [-0.1, -0.05) is 45.0 Å². The van der Waals surface area contributed by atoms with Crippen molar-refractivity contribution in [3.63, 3.8) is 0 Å². The fraction of sp³-hybridized carbons (Fsp3) is 0.556. The topological polar surface area (TPSA) is 48.4 Å². The molecule has 6 heteroatoms. The molecule has 4 rings (SSSR count). The lowest BCUT2D eigenvalue weighted by molar-refractivity contribution is -0.141. The first-order valence-corrected chi connectivity index (χ1v) is 15.8. The Kier molecular flexibility index (Phi) is 6.58. The van der Waals surface area contributed by atoms with E-state index in [1.807, 2.05) is 24.2 Å². The molecule has 2 aromatic rings. The van der Waals surface area contributed by atoms with E-state index in [2.05, 4.69) is 69.2 Å². The van der Waals surface area contributed by atoms with Gasteiger partial charge in [0.2, 0.25) is 0 Å². The highest BCUT2D eigenvalue weighted by Crippen LogP contribution is 2.55. The van der Waals surface area contributed by atoms with Crippen LogP contribution in [-0.4, -0.2) is 32.1 Å². The van der Waals surface area contributed by atoms with Gasteiger partial charge >= 0.3 is 5.97 Å². The summed E-state index contributed by atoms with van der Waals surface area (Å²) in [5.41, 5.74) is 3.62. The number of esters is 1. The molecule has 0 bridgehead atoms. The van der Waals surface area contributed by atoms with E-state index in [0.717, 1.165) is 37.0 Å². The molecule has 0 spiro atoms. The van der Waals surface area contributed by atoms with Crippen molar-refractivity contribution in [2.24, 2.45) is 5.41 Å². The lowest BCUT2D eigenvalue weighted by Crippen LogP contribution is -2.44. The molecule has 1 heterocycles. The van der Waals surface area contributed by atoms with Crippen LogP contribution < -0.4 is 0 Å². The van der Waals surface area contributed by atoms with Crippen LogP contribution in [0, 0.1) is 5.41 Å². The van der Waals surface area contributed by atoms with E-state index in [9.17, 15) is 4.79 Å². The lowest BCUT2D eigenvalue weighted by atomic mass is 10.0. The second-order valence-electron chi connectivity index (χ2n) is 11.3. The Balaban J connectivity index is 1.49. The Morgan fingerprint density at radius 1 is 1.09 bits per heavy atom. The first kappa shape index (κ1) is 24.5. The zero-order valence-electron chi connectivity index (χ0n) is 20.9. The Labute approximate surface area is 204 Å². The SMILES string of the molecule is COC(=O)CC1(CSc2ccncc2-c2ccc(C3(O[Si](C)(C)C(C)(C)C)CC3)cc2)CC1. The first-order valence-electron chi connectivity index (χ1n) is 11.9. The van der Waals surface area contributed by atoms with E-state index in [1.165, 1.54) is 23.1 Å². The molecule has 0 atom stereocenters. The van der Waals surface area contributed by atoms with Crippen molar-refractivity contribution in [1.29, 1.82) is 0 Å². The van der Waals surface area contributed by atoms with Gasteiger partial charge in [0.15, 0.2) is 8.32 Å². The number of hydrogen-bond donors (Lipinski definition) is 0. The Morgan fingerprint density at radius 3 is 2.30 bits per heavy atom. The number of methoxy groups -OCH3 is 1. The van der Waals surface area contributed by atoms with Crippen molar-refractivity contribution in [1.82, 2.24) is 4.98 Å². The molecule has 2 aliphatic rings. The Hall–Kier alpha value is -1.63. The van der Waals surface area contributed by atoms with Crippen molar-refractivity contribution in [2.75, 3.05) is 12.9 Å². The minimum atomic E-state index is -1.83. The van der Waals surface area contributed by atoms with Crippen LogP contribution in [0.15, 0.2) is 47.6 Å². The van der Waals surface area contributed by atoms with Gasteiger partial charge in [-0.15, -0.1) is 11.8 Å². The monoisotopic (exact) mass is 483 g/mol. The predicted molar refractivity (Wildman–Crippen MR) is 138 cm³/mol. The Bertz CT molecular complexity index is 1000. The standard InChI is InChI=1S/C27H37NO3SSi/c1-25(2,3)33(5,6)31-27(14-15-27)21-9-7-20(8-10-21)22-18-28-16-11-23(22)32-19-26(12-13-26)17-24(29)30-4/h7-11,16,18H,12-15,17,19H2,1-6H3. The molecule has 0 amide bonds. The summed E-state index contributed by atoms with van der Waals surface area (Å²) >= 11 is 1.83. The third-order valence-electron chi connectivity index (χ3n) is 7.70. The van der Waals surface area contributed by atoms with Crippen LogP contribution in [0.1, 0.15) is 58.4 Å². The van der Waals surface area contributed by atoms with Gasteiger partial charge in [0.25, 0.3) is 0 Å². The molecule has 178 valence electrons. The van der Waals surface area contributed by atoms with Gasteiger partial charge in [-0.3, -0.25) is 9.78 Å². The van der Waals surface area contributed by atoms with Crippen molar-refractivity contribution in [3.05, 3.63) is 48.3 Å². The van der Waals surface area contributed by atoms with Gasteiger partial charge in [-0.2, -0.15) is 0 Å². The molecule has 2 fully saturated rings. The normalized spacial score (nSPS) is 18.6. The number of ether oxygens (including phenoxy) is 1. The number of pyridine rings is 1. The zero-order chi connectivity index (χ0) is 23.9. The maximum absolute atomic E-state index is 11.8. The Morgan fingerprint density at radius 2 is 1.76 bits per heavy atom. The van der Waals surface area contributed by atoms with Crippen LogP contribution in [0.3, 0.4) is 0 Å². The molecule has 4 nitrogen and oxygen atoms in total. The second kappa shape index (κ2) is 8.86. The fourth-order valence-electron chi connectivity index (χ4n) is 4.04. The minimum absolute atomic E-state index is 0.0969. The van der Waals surface area contributed by atoms with E-state index >= 15 is 0 Å².